The summed E-state index contributed by atoms with van der Waals surface area (Å²) in [6.45, 7) is 5.93. The fraction of sp³-hybridized carbons (Fsp3) is 0.176. The summed E-state index contributed by atoms with van der Waals surface area (Å²) >= 11 is 0. The Hall–Kier alpha value is -2.62. The molecule has 21 heavy (non-hydrogen) atoms. The van der Waals surface area contributed by atoms with Gasteiger partial charge in [-0.05, 0) is 37.5 Å². The maximum atomic E-state index is 11.8. The van der Waals surface area contributed by atoms with Crippen molar-refractivity contribution in [3.63, 3.8) is 0 Å². The minimum Gasteiger partial charge on any atom is -0.306 e. The van der Waals surface area contributed by atoms with Crippen LogP contribution in [0.25, 0.3) is 0 Å². The molecule has 0 saturated heterocycles. The van der Waals surface area contributed by atoms with Gasteiger partial charge < -0.3 is 5.32 Å². The van der Waals surface area contributed by atoms with Crippen LogP contribution in [0.4, 0.5) is 10.5 Å². The summed E-state index contributed by atoms with van der Waals surface area (Å²) in [5.74, 6) is 0. The number of urea groups is 1. The summed E-state index contributed by atoms with van der Waals surface area (Å²) in [5, 5.41) is 6.76. The molecule has 0 fully saturated rings. The second kappa shape index (κ2) is 6.70. The van der Waals surface area contributed by atoms with E-state index in [1.54, 1.807) is 6.21 Å². The summed E-state index contributed by atoms with van der Waals surface area (Å²) < 4.78 is 0. The van der Waals surface area contributed by atoms with Crippen molar-refractivity contribution in [2.75, 3.05) is 5.32 Å². The fourth-order valence-electron chi connectivity index (χ4n) is 2.07. The van der Waals surface area contributed by atoms with Gasteiger partial charge in [-0.15, -0.1) is 0 Å². The second-order valence-electron chi connectivity index (χ2n) is 5.01. The number of amides is 2. The third kappa shape index (κ3) is 4.18. The van der Waals surface area contributed by atoms with E-state index in [4.69, 9.17) is 0 Å². The van der Waals surface area contributed by atoms with Crippen LogP contribution in [-0.4, -0.2) is 12.2 Å². The highest BCUT2D eigenvalue weighted by Crippen LogP contribution is 2.18. The number of carbonyl (C=O) groups is 1. The van der Waals surface area contributed by atoms with Crippen molar-refractivity contribution in [3.8, 4) is 0 Å². The minimum absolute atomic E-state index is 0.351. The summed E-state index contributed by atoms with van der Waals surface area (Å²) in [6.07, 6.45) is 1.62. The fourth-order valence-corrected chi connectivity index (χ4v) is 2.07. The number of hydrogen-bond donors (Lipinski definition) is 2. The predicted octanol–water partition coefficient (Wildman–Crippen LogP) is 3.77. The maximum absolute atomic E-state index is 11.8. The van der Waals surface area contributed by atoms with Gasteiger partial charge in [-0.2, -0.15) is 5.10 Å². The molecule has 0 spiro atoms. The van der Waals surface area contributed by atoms with Gasteiger partial charge in [0.25, 0.3) is 0 Å². The third-order valence-electron chi connectivity index (χ3n) is 3.14. The van der Waals surface area contributed by atoms with Crippen LogP contribution in [-0.2, 0) is 0 Å². The molecule has 4 nitrogen and oxygen atoms in total. The first-order valence-electron chi connectivity index (χ1n) is 6.79. The number of nitrogens with zero attached hydrogens (tertiary/aromatic N) is 1. The van der Waals surface area contributed by atoms with E-state index in [1.807, 2.05) is 63.2 Å². The molecule has 2 amide bonds. The molecular formula is C17H19N3O. The highest BCUT2D eigenvalue weighted by atomic mass is 16.2. The number of nitrogens with one attached hydrogen (secondary N) is 2. The number of para-hydroxylation sites is 1. The molecule has 0 heterocycles. The standard InChI is InChI=1S/C17H19N3O/c1-12-6-4-9-15(10-12)11-18-20-17(21)19-16-13(2)7-5-8-14(16)3/h4-11H,1-3H3,(H2,19,20,21)/b18-11+. The number of hydrogen-bond acceptors (Lipinski definition) is 2. The van der Waals surface area contributed by atoms with E-state index in [0.717, 1.165) is 27.9 Å². The smallest absolute Gasteiger partial charge is 0.306 e. The number of hydrazone groups is 1. The van der Waals surface area contributed by atoms with Gasteiger partial charge in [0.15, 0.2) is 0 Å². The van der Waals surface area contributed by atoms with Crippen LogP contribution in [0.5, 0.6) is 0 Å². The average Bonchev–Trinajstić information content (AvgIpc) is 2.43. The molecule has 0 aliphatic carbocycles. The molecule has 0 saturated carbocycles. The van der Waals surface area contributed by atoms with E-state index < -0.39 is 0 Å². The molecule has 108 valence electrons. The zero-order valence-corrected chi connectivity index (χ0v) is 12.5. The molecule has 0 unspecified atom stereocenters. The van der Waals surface area contributed by atoms with Crippen LogP contribution in [0.3, 0.4) is 0 Å². The third-order valence-corrected chi connectivity index (χ3v) is 3.14. The Bertz CT molecular complexity index is 657. The zero-order valence-electron chi connectivity index (χ0n) is 12.5. The highest BCUT2D eigenvalue weighted by Gasteiger charge is 2.05. The Morgan fingerprint density at radius 3 is 2.38 bits per heavy atom. The lowest BCUT2D eigenvalue weighted by Gasteiger charge is -2.10. The first-order chi connectivity index (χ1) is 10.1. The van der Waals surface area contributed by atoms with E-state index in [0.29, 0.717) is 0 Å². The van der Waals surface area contributed by atoms with Crippen molar-refractivity contribution in [2.24, 2.45) is 5.10 Å². The van der Waals surface area contributed by atoms with Crippen LogP contribution < -0.4 is 10.7 Å². The Balaban J connectivity index is 1.96. The Morgan fingerprint density at radius 1 is 1.05 bits per heavy atom. The molecule has 0 bridgehead atoms. The van der Waals surface area contributed by atoms with Crippen molar-refractivity contribution in [3.05, 3.63) is 64.7 Å². The maximum Gasteiger partial charge on any atom is 0.339 e. The number of carbonyl (C=O) groups excluding carboxylic acids is 1. The van der Waals surface area contributed by atoms with Crippen LogP contribution in [0.15, 0.2) is 47.6 Å². The number of rotatable bonds is 3. The van der Waals surface area contributed by atoms with Crippen LogP contribution in [0.1, 0.15) is 22.3 Å². The molecular weight excluding hydrogens is 262 g/mol. The molecule has 0 radical (unpaired) electrons. The van der Waals surface area contributed by atoms with Crippen LogP contribution in [0, 0.1) is 20.8 Å². The molecule has 2 aromatic rings. The predicted molar refractivity (Wildman–Crippen MR) is 86.8 cm³/mol. The van der Waals surface area contributed by atoms with Crippen molar-refractivity contribution in [2.45, 2.75) is 20.8 Å². The van der Waals surface area contributed by atoms with Gasteiger partial charge in [-0.3, -0.25) is 0 Å². The number of anilines is 1. The first kappa shape index (κ1) is 14.8. The molecule has 2 N–H and O–H groups in total. The molecule has 4 heteroatoms. The van der Waals surface area contributed by atoms with E-state index in [-0.39, 0.29) is 6.03 Å². The molecule has 0 atom stereocenters. The van der Waals surface area contributed by atoms with Gasteiger partial charge in [0.05, 0.1) is 6.21 Å². The molecule has 2 aromatic carbocycles. The van der Waals surface area contributed by atoms with Crippen LogP contribution in [0.2, 0.25) is 0 Å². The largest absolute Gasteiger partial charge is 0.339 e. The molecule has 0 aliphatic rings. The summed E-state index contributed by atoms with van der Waals surface area (Å²) in [7, 11) is 0. The van der Waals surface area contributed by atoms with E-state index in [2.05, 4.69) is 15.8 Å². The minimum atomic E-state index is -0.351. The first-order valence-corrected chi connectivity index (χ1v) is 6.79. The lowest BCUT2D eigenvalue weighted by molar-refractivity contribution is 0.252. The average molecular weight is 281 g/mol. The highest BCUT2D eigenvalue weighted by molar-refractivity contribution is 5.91. The number of aryl methyl sites for hydroxylation is 3. The monoisotopic (exact) mass is 281 g/mol. The molecule has 0 aromatic heterocycles. The lowest BCUT2D eigenvalue weighted by atomic mass is 10.1. The van der Waals surface area contributed by atoms with Crippen molar-refractivity contribution in [1.29, 1.82) is 0 Å². The van der Waals surface area contributed by atoms with Gasteiger partial charge >= 0.3 is 6.03 Å². The normalized spacial score (nSPS) is 10.6. The Kier molecular flexibility index (Phi) is 4.72. The van der Waals surface area contributed by atoms with Crippen molar-refractivity contribution >= 4 is 17.9 Å². The molecule has 2 rings (SSSR count). The van der Waals surface area contributed by atoms with Gasteiger partial charge in [0.1, 0.15) is 0 Å². The van der Waals surface area contributed by atoms with Gasteiger partial charge in [-0.1, -0.05) is 48.0 Å². The van der Waals surface area contributed by atoms with E-state index >= 15 is 0 Å². The zero-order chi connectivity index (χ0) is 15.2. The van der Waals surface area contributed by atoms with Crippen molar-refractivity contribution in [1.82, 2.24) is 5.43 Å². The van der Waals surface area contributed by atoms with E-state index in [9.17, 15) is 4.79 Å². The van der Waals surface area contributed by atoms with E-state index in [1.165, 1.54) is 0 Å². The second-order valence-corrected chi connectivity index (χ2v) is 5.01. The van der Waals surface area contributed by atoms with Gasteiger partial charge in [0.2, 0.25) is 0 Å². The lowest BCUT2D eigenvalue weighted by Crippen LogP contribution is -2.25. The number of benzene rings is 2. The summed E-state index contributed by atoms with van der Waals surface area (Å²) in [5.41, 5.74) is 7.43. The van der Waals surface area contributed by atoms with Gasteiger partial charge in [0, 0.05) is 5.69 Å². The quantitative estimate of drug-likeness (QED) is 0.653. The molecule has 0 aliphatic heterocycles. The van der Waals surface area contributed by atoms with Crippen molar-refractivity contribution < 1.29 is 4.79 Å². The summed E-state index contributed by atoms with van der Waals surface area (Å²) in [4.78, 5) is 11.8. The topological polar surface area (TPSA) is 53.5 Å². The SMILES string of the molecule is Cc1cccc(/C=N/NC(=O)Nc2c(C)cccc2C)c1. The van der Waals surface area contributed by atoms with Crippen LogP contribution >= 0.6 is 0 Å². The summed E-state index contributed by atoms with van der Waals surface area (Å²) in [6, 6.07) is 13.4. The Morgan fingerprint density at radius 2 is 1.71 bits per heavy atom. The van der Waals surface area contributed by atoms with Gasteiger partial charge in [-0.25, -0.2) is 10.2 Å². The Labute approximate surface area is 124 Å².